The molecule has 0 aliphatic heterocycles. The Morgan fingerprint density at radius 1 is 1.10 bits per heavy atom. The Morgan fingerprint density at radius 3 is 2.58 bits per heavy atom. The van der Waals surface area contributed by atoms with Gasteiger partial charge in [-0.05, 0) is 37.3 Å². The Balaban J connectivity index is 1.75. The van der Waals surface area contributed by atoms with E-state index in [2.05, 4.69) is 9.72 Å². The zero-order valence-corrected chi connectivity index (χ0v) is 16.3. The number of benzene rings is 2. The Kier molecular flexibility index (Phi) is 5.21. The summed E-state index contributed by atoms with van der Waals surface area (Å²) in [4.78, 5) is 27.6. The summed E-state index contributed by atoms with van der Waals surface area (Å²) in [5.74, 6) is -1.33. The maximum Gasteiger partial charge on any atom is 0.511 e. The van der Waals surface area contributed by atoms with Crippen LogP contribution < -0.4 is 10.2 Å². The van der Waals surface area contributed by atoms with Gasteiger partial charge < -0.3 is 14.4 Å². The average Bonchev–Trinajstić information content (AvgIpc) is 2.74. The van der Waals surface area contributed by atoms with Gasteiger partial charge in [-0.2, -0.15) is 0 Å². The third kappa shape index (κ3) is 4.00. The molecule has 0 aliphatic carbocycles. The van der Waals surface area contributed by atoms with E-state index in [-0.39, 0.29) is 23.4 Å². The highest BCUT2D eigenvalue weighted by atomic mass is 19.1. The Labute approximate surface area is 175 Å². The number of pyridine rings is 2. The molecule has 0 atom stereocenters. The van der Waals surface area contributed by atoms with Crippen LogP contribution in [0.3, 0.4) is 0 Å². The summed E-state index contributed by atoms with van der Waals surface area (Å²) in [6.45, 7) is 1.56. The molecule has 0 bridgehead atoms. The predicted octanol–water partition coefficient (Wildman–Crippen LogP) is 4.76. The van der Waals surface area contributed by atoms with Gasteiger partial charge in [0, 0.05) is 16.5 Å². The molecular formula is C23H16F2N2O4. The first kappa shape index (κ1) is 20.2. The van der Waals surface area contributed by atoms with Crippen LogP contribution in [0, 0.1) is 18.6 Å². The smallest absolute Gasteiger partial charge is 0.449 e. The third-order valence-electron chi connectivity index (χ3n) is 4.86. The molecule has 4 aromatic rings. The number of hydrogen-bond donors (Lipinski definition) is 1. The van der Waals surface area contributed by atoms with E-state index in [0.717, 1.165) is 0 Å². The van der Waals surface area contributed by atoms with E-state index in [1.807, 2.05) is 0 Å². The van der Waals surface area contributed by atoms with Crippen LogP contribution in [0.5, 0.6) is 5.75 Å². The minimum Gasteiger partial charge on any atom is -0.449 e. The number of aromatic nitrogens is 2. The number of carboxylic acid groups (broad SMARTS) is 1. The summed E-state index contributed by atoms with van der Waals surface area (Å²) >= 11 is 0. The minimum atomic E-state index is -1.61. The molecule has 2 aromatic heterocycles. The largest absolute Gasteiger partial charge is 0.511 e. The Bertz CT molecular complexity index is 1380. The second-order valence-corrected chi connectivity index (χ2v) is 6.91. The van der Waals surface area contributed by atoms with Crippen molar-refractivity contribution in [1.82, 2.24) is 9.55 Å². The molecule has 2 aromatic carbocycles. The second-order valence-electron chi connectivity index (χ2n) is 6.91. The molecule has 0 saturated carbocycles. The molecule has 4 rings (SSSR count). The lowest BCUT2D eigenvalue weighted by Crippen LogP contribution is -2.17. The molecule has 1 N–H and O–H groups in total. The maximum atomic E-state index is 14.9. The number of carbonyl (C=O) groups is 1. The van der Waals surface area contributed by atoms with Crippen molar-refractivity contribution in [2.75, 3.05) is 0 Å². The molecule has 0 aliphatic rings. The number of aryl methyl sites for hydroxylation is 1. The molecule has 156 valence electrons. The number of rotatable bonds is 4. The van der Waals surface area contributed by atoms with E-state index < -0.39 is 23.2 Å². The van der Waals surface area contributed by atoms with E-state index in [4.69, 9.17) is 5.11 Å². The van der Waals surface area contributed by atoms with Crippen molar-refractivity contribution in [3.8, 4) is 17.0 Å². The van der Waals surface area contributed by atoms with E-state index >= 15 is 0 Å². The fourth-order valence-corrected chi connectivity index (χ4v) is 3.34. The van der Waals surface area contributed by atoms with Crippen LogP contribution in [0.2, 0.25) is 0 Å². The first-order chi connectivity index (χ1) is 14.8. The predicted molar refractivity (Wildman–Crippen MR) is 110 cm³/mol. The summed E-state index contributed by atoms with van der Waals surface area (Å²) in [6, 6.07) is 13.9. The molecular weight excluding hydrogens is 406 g/mol. The number of halogens is 2. The first-order valence-corrected chi connectivity index (χ1v) is 9.28. The lowest BCUT2D eigenvalue weighted by molar-refractivity contribution is 0.144. The van der Waals surface area contributed by atoms with Crippen molar-refractivity contribution in [3.63, 3.8) is 0 Å². The molecule has 6 nitrogen and oxygen atoms in total. The highest BCUT2D eigenvalue weighted by Crippen LogP contribution is 2.23. The number of ether oxygens (including phenoxy) is 1. The van der Waals surface area contributed by atoms with Gasteiger partial charge in [-0.25, -0.2) is 13.6 Å². The summed E-state index contributed by atoms with van der Waals surface area (Å²) in [5, 5.41) is 9.16. The van der Waals surface area contributed by atoms with Gasteiger partial charge in [0.15, 0.2) is 5.75 Å². The van der Waals surface area contributed by atoms with Crippen LogP contribution in [-0.4, -0.2) is 20.8 Å². The number of fused-ring (bicyclic) bond motifs is 1. The summed E-state index contributed by atoms with van der Waals surface area (Å²) in [7, 11) is 0. The van der Waals surface area contributed by atoms with Crippen LogP contribution in [-0.2, 0) is 6.54 Å². The van der Waals surface area contributed by atoms with E-state index in [9.17, 15) is 18.4 Å². The van der Waals surface area contributed by atoms with E-state index in [1.54, 1.807) is 41.0 Å². The number of nitrogens with zero attached hydrogens (tertiary/aromatic N) is 2. The SMILES string of the molecule is Cc1nc(-c2ccc(Cn3cc(OC(=O)O)c(=O)c4ccccc43)c(F)c2)ccc1F. The molecule has 2 heterocycles. The van der Waals surface area contributed by atoms with Gasteiger partial charge in [0.2, 0.25) is 5.43 Å². The molecule has 0 amide bonds. The summed E-state index contributed by atoms with van der Waals surface area (Å²) in [6.07, 6.45) is -0.367. The molecule has 31 heavy (non-hydrogen) atoms. The van der Waals surface area contributed by atoms with Gasteiger partial charge >= 0.3 is 6.16 Å². The highest BCUT2D eigenvalue weighted by molar-refractivity contribution is 5.81. The standard InChI is InChI=1S/C23H16F2N2O4/c1-13-17(24)8-9-19(26-13)14-6-7-15(18(25)10-14)11-27-12-21(31-23(29)30)22(28)16-4-2-3-5-20(16)27/h2-10,12H,11H2,1H3,(H,29,30). The monoisotopic (exact) mass is 422 g/mol. The normalized spacial score (nSPS) is 10.9. The fourth-order valence-electron chi connectivity index (χ4n) is 3.34. The van der Waals surface area contributed by atoms with Crippen LogP contribution in [0.4, 0.5) is 13.6 Å². The molecule has 0 saturated heterocycles. The molecule has 0 unspecified atom stereocenters. The molecule has 8 heteroatoms. The minimum absolute atomic E-state index is 0.0265. The third-order valence-corrected chi connectivity index (χ3v) is 4.86. The quantitative estimate of drug-likeness (QED) is 0.480. The van der Waals surface area contributed by atoms with Gasteiger partial charge in [-0.1, -0.05) is 24.3 Å². The fraction of sp³-hybridized carbons (Fsp3) is 0.0870. The Hall–Kier alpha value is -4.07. The van der Waals surface area contributed by atoms with Crippen molar-refractivity contribution >= 4 is 17.1 Å². The maximum absolute atomic E-state index is 14.9. The van der Waals surface area contributed by atoms with Gasteiger partial charge in [0.1, 0.15) is 11.6 Å². The average molecular weight is 422 g/mol. The summed E-state index contributed by atoms with van der Waals surface area (Å²) in [5.41, 5.74) is 1.39. The van der Waals surface area contributed by atoms with Gasteiger partial charge in [-0.15, -0.1) is 0 Å². The van der Waals surface area contributed by atoms with Crippen LogP contribution in [0.15, 0.2) is 65.6 Å². The van der Waals surface area contributed by atoms with Crippen LogP contribution >= 0.6 is 0 Å². The van der Waals surface area contributed by atoms with Crippen molar-refractivity contribution in [3.05, 3.63) is 93.9 Å². The van der Waals surface area contributed by atoms with E-state index in [0.29, 0.717) is 22.3 Å². The van der Waals surface area contributed by atoms with Crippen LogP contribution in [0.25, 0.3) is 22.2 Å². The van der Waals surface area contributed by atoms with E-state index in [1.165, 1.54) is 31.3 Å². The van der Waals surface area contributed by atoms with Gasteiger partial charge in [-0.3, -0.25) is 9.78 Å². The zero-order valence-electron chi connectivity index (χ0n) is 16.3. The van der Waals surface area contributed by atoms with Crippen molar-refractivity contribution in [2.45, 2.75) is 13.5 Å². The van der Waals surface area contributed by atoms with Gasteiger partial charge in [0.05, 0.1) is 29.6 Å². The Morgan fingerprint density at radius 2 is 1.87 bits per heavy atom. The van der Waals surface area contributed by atoms with Crippen molar-refractivity contribution < 1.29 is 23.4 Å². The topological polar surface area (TPSA) is 81.4 Å². The molecule has 0 spiro atoms. The second kappa shape index (κ2) is 7.98. The molecule has 0 fully saturated rings. The summed E-state index contributed by atoms with van der Waals surface area (Å²) < 4.78 is 34.5. The number of para-hydroxylation sites is 1. The van der Waals surface area contributed by atoms with Crippen LogP contribution in [0.1, 0.15) is 11.3 Å². The lowest BCUT2D eigenvalue weighted by atomic mass is 10.1. The van der Waals surface area contributed by atoms with Crippen molar-refractivity contribution in [1.29, 1.82) is 0 Å². The highest BCUT2D eigenvalue weighted by Gasteiger charge is 2.15. The molecule has 0 radical (unpaired) electrons. The van der Waals surface area contributed by atoms with Crippen molar-refractivity contribution in [2.24, 2.45) is 0 Å². The number of hydrogen-bond acceptors (Lipinski definition) is 4. The van der Waals surface area contributed by atoms with Gasteiger partial charge in [0.25, 0.3) is 0 Å². The zero-order chi connectivity index (χ0) is 22.1. The first-order valence-electron chi connectivity index (χ1n) is 9.28. The lowest BCUT2D eigenvalue weighted by Gasteiger charge is -2.14.